The lowest BCUT2D eigenvalue weighted by atomic mass is 9.97. The molecule has 0 fully saturated rings. The number of aromatic amines is 1. The van der Waals surface area contributed by atoms with Crippen LogP contribution < -0.4 is 10.6 Å². The van der Waals surface area contributed by atoms with Gasteiger partial charge in [0, 0.05) is 35.6 Å². The van der Waals surface area contributed by atoms with E-state index in [4.69, 9.17) is 4.52 Å². The molecule has 0 aliphatic carbocycles. The van der Waals surface area contributed by atoms with Crippen molar-refractivity contribution in [3.8, 4) is 0 Å². The Morgan fingerprint density at radius 1 is 1.24 bits per heavy atom. The van der Waals surface area contributed by atoms with Crippen molar-refractivity contribution in [3.05, 3.63) is 47.2 Å². The molecule has 0 aliphatic rings. The first-order valence-electron chi connectivity index (χ1n) is 9.79. The van der Waals surface area contributed by atoms with E-state index >= 15 is 0 Å². The van der Waals surface area contributed by atoms with Crippen molar-refractivity contribution < 1.29 is 4.52 Å². The summed E-state index contributed by atoms with van der Waals surface area (Å²) in [6, 6.07) is 6.39. The number of nitrogens with one attached hydrogen (secondary N) is 3. The van der Waals surface area contributed by atoms with Crippen LogP contribution in [0.5, 0.6) is 0 Å². The fourth-order valence-corrected chi connectivity index (χ4v) is 3.00. The van der Waals surface area contributed by atoms with Gasteiger partial charge in [-0.25, -0.2) is 4.99 Å². The number of para-hydroxylation sites is 1. The molecular weight excluding hydrogens is 479 g/mol. The molecule has 0 aliphatic heterocycles. The molecule has 0 amide bonds. The third kappa shape index (κ3) is 5.94. The molecule has 0 saturated carbocycles. The van der Waals surface area contributed by atoms with Gasteiger partial charge in [-0.15, -0.1) is 24.0 Å². The van der Waals surface area contributed by atoms with Crippen LogP contribution in [0.4, 0.5) is 0 Å². The van der Waals surface area contributed by atoms with Crippen molar-refractivity contribution in [1.82, 2.24) is 25.8 Å². The minimum atomic E-state index is -0.157. The van der Waals surface area contributed by atoms with E-state index in [1.165, 1.54) is 22.0 Å². The van der Waals surface area contributed by atoms with Crippen molar-refractivity contribution >= 4 is 40.8 Å². The van der Waals surface area contributed by atoms with Crippen LogP contribution in [0, 0.1) is 6.92 Å². The van der Waals surface area contributed by atoms with E-state index in [1.54, 1.807) is 0 Å². The predicted octanol–water partition coefficient (Wildman–Crippen LogP) is 4.07. The molecule has 29 heavy (non-hydrogen) atoms. The van der Waals surface area contributed by atoms with Gasteiger partial charge in [0.1, 0.15) is 6.54 Å². The molecule has 8 heteroatoms. The Hall–Kier alpha value is -2.10. The van der Waals surface area contributed by atoms with Crippen LogP contribution >= 0.6 is 24.0 Å². The largest absolute Gasteiger partial charge is 0.361 e. The van der Waals surface area contributed by atoms with Gasteiger partial charge in [-0.2, -0.15) is 4.98 Å². The summed E-state index contributed by atoms with van der Waals surface area (Å²) in [4.78, 5) is 12.4. The van der Waals surface area contributed by atoms with Gasteiger partial charge in [0.05, 0.1) is 0 Å². The summed E-state index contributed by atoms with van der Waals surface area (Å²) in [5.74, 6) is 1.97. The van der Waals surface area contributed by atoms with E-state index in [2.05, 4.69) is 62.1 Å². The highest BCUT2D eigenvalue weighted by molar-refractivity contribution is 14.0. The van der Waals surface area contributed by atoms with Gasteiger partial charge < -0.3 is 20.1 Å². The number of nitrogens with zero attached hydrogens (tertiary/aromatic N) is 3. The number of aliphatic imine (C=N–C) groups is 1. The Kier molecular flexibility index (Phi) is 8.06. The van der Waals surface area contributed by atoms with E-state index in [1.807, 2.05) is 27.7 Å². The Labute approximate surface area is 189 Å². The van der Waals surface area contributed by atoms with Crippen molar-refractivity contribution in [3.63, 3.8) is 0 Å². The summed E-state index contributed by atoms with van der Waals surface area (Å²) in [6.45, 7) is 12.3. The number of aromatic nitrogens is 3. The summed E-state index contributed by atoms with van der Waals surface area (Å²) < 4.78 is 5.33. The van der Waals surface area contributed by atoms with Gasteiger partial charge in [-0.05, 0) is 31.4 Å². The second-order valence-corrected chi connectivity index (χ2v) is 7.95. The summed E-state index contributed by atoms with van der Waals surface area (Å²) in [7, 11) is 0. The lowest BCUT2D eigenvalue weighted by molar-refractivity contribution is 0.318. The topological polar surface area (TPSA) is 91.1 Å². The summed E-state index contributed by atoms with van der Waals surface area (Å²) in [6.07, 6.45) is 3.00. The number of guanidine groups is 1. The highest BCUT2D eigenvalue weighted by atomic mass is 127. The predicted molar refractivity (Wildman–Crippen MR) is 128 cm³/mol. The Morgan fingerprint density at radius 2 is 2.03 bits per heavy atom. The van der Waals surface area contributed by atoms with E-state index in [-0.39, 0.29) is 29.4 Å². The molecule has 0 spiro atoms. The fourth-order valence-electron chi connectivity index (χ4n) is 3.00. The third-order valence-electron chi connectivity index (χ3n) is 4.53. The summed E-state index contributed by atoms with van der Waals surface area (Å²) in [5, 5.41) is 12.0. The SMILES string of the molecule is CCNC(=NCc1noc(C(C)(C)C)n1)NCCc1c[nH]c2c(C)cccc12.I. The van der Waals surface area contributed by atoms with Crippen LogP contribution in [-0.2, 0) is 18.4 Å². The van der Waals surface area contributed by atoms with E-state index in [0.29, 0.717) is 18.3 Å². The van der Waals surface area contributed by atoms with Gasteiger partial charge in [-0.3, -0.25) is 0 Å². The smallest absolute Gasteiger partial charge is 0.232 e. The monoisotopic (exact) mass is 510 g/mol. The molecule has 2 aromatic heterocycles. The molecule has 0 bridgehead atoms. The normalized spacial score (nSPS) is 12.1. The molecule has 3 N–H and O–H groups in total. The van der Waals surface area contributed by atoms with Crippen LogP contribution in [-0.4, -0.2) is 34.2 Å². The number of fused-ring (bicyclic) bond motifs is 1. The number of rotatable bonds is 6. The first-order chi connectivity index (χ1) is 13.4. The summed E-state index contributed by atoms with van der Waals surface area (Å²) in [5.41, 5.74) is 3.62. The van der Waals surface area contributed by atoms with E-state index in [0.717, 1.165) is 25.5 Å². The molecule has 0 unspecified atom stereocenters. The third-order valence-corrected chi connectivity index (χ3v) is 4.53. The molecule has 0 saturated heterocycles. The van der Waals surface area contributed by atoms with Gasteiger partial charge in [-0.1, -0.05) is 44.1 Å². The fraction of sp³-hybridized carbons (Fsp3) is 0.476. The second-order valence-electron chi connectivity index (χ2n) is 7.95. The van der Waals surface area contributed by atoms with Crippen molar-refractivity contribution in [2.75, 3.05) is 13.1 Å². The van der Waals surface area contributed by atoms with Crippen LogP contribution in [0.3, 0.4) is 0 Å². The number of halogens is 1. The number of aryl methyl sites for hydroxylation is 1. The number of hydrogen-bond acceptors (Lipinski definition) is 4. The van der Waals surface area contributed by atoms with Crippen molar-refractivity contribution in [2.45, 2.75) is 53.0 Å². The maximum Gasteiger partial charge on any atom is 0.232 e. The minimum Gasteiger partial charge on any atom is -0.361 e. The average molecular weight is 510 g/mol. The number of benzene rings is 1. The van der Waals surface area contributed by atoms with Crippen LogP contribution in [0.15, 0.2) is 33.9 Å². The number of hydrogen-bond donors (Lipinski definition) is 3. The van der Waals surface area contributed by atoms with E-state index in [9.17, 15) is 0 Å². The maximum atomic E-state index is 5.33. The first-order valence-corrected chi connectivity index (χ1v) is 9.79. The molecule has 158 valence electrons. The van der Waals surface area contributed by atoms with Crippen molar-refractivity contribution in [2.24, 2.45) is 4.99 Å². The van der Waals surface area contributed by atoms with Gasteiger partial charge in [0.15, 0.2) is 11.8 Å². The second kappa shape index (κ2) is 10.1. The number of H-pyrrole nitrogens is 1. The quantitative estimate of drug-likeness (QED) is 0.264. The lowest BCUT2D eigenvalue weighted by Gasteiger charge is -2.11. The molecule has 3 aromatic rings. The van der Waals surface area contributed by atoms with Crippen LogP contribution in [0.25, 0.3) is 10.9 Å². The molecule has 7 nitrogen and oxygen atoms in total. The molecule has 2 heterocycles. The van der Waals surface area contributed by atoms with Gasteiger partial charge in [0.2, 0.25) is 5.89 Å². The average Bonchev–Trinajstić information content (AvgIpc) is 3.27. The van der Waals surface area contributed by atoms with Crippen LogP contribution in [0.1, 0.15) is 50.5 Å². The molecule has 0 radical (unpaired) electrons. The highest BCUT2D eigenvalue weighted by Crippen LogP contribution is 2.21. The summed E-state index contributed by atoms with van der Waals surface area (Å²) >= 11 is 0. The highest BCUT2D eigenvalue weighted by Gasteiger charge is 2.21. The molecule has 1 aromatic carbocycles. The van der Waals surface area contributed by atoms with Gasteiger partial charge in [0.25, 0.3) is 0 Å². The Bertz CT molecular complexity index is 954. The zero-order valence-corrected chi connectivity index (χ0v) is 20.1. The van der Waals surface area contributed by atoms with Crippen LogP contribution in [0.2, 0.25) is 0 Å². The standard InChI is InChI=1S/C21H30N6O.HI/c1-6-22-20(25-13-17-26-19(28-27-17)21(3,4)5)23-11-10-15-12-24-18-14(2)8-7-9-16(15)18;/h7-9,12,24H,6,10-11,13H2,1-5H3,(H2,22,23,25);1H. The van der Waals surface area contributed by atoms with Gasteiger partial charge >= 0.3 is 0 Å². The molecule has 3 rings (SSSR count). The van der Waals surface area contributed by atoms with E-state index < -0.39 is 0 Å². The molecule has 0 atom stereocenters. The minimum absolute atomic E-state index is 0. The zero-order valence-electron chi connectivity index (χ0n) is 17.8. The Morgan fingerprint density at radius 3 is 2.72 bits per heavy atom. The van der Waals surface area contributed by atoms with Crippen molar-refractivity contribution in [1.29, 1.82) is 0 Å². The Balaban J connectivity index is 0.00000300. The lowest BCUT2D eigenvalue weighted by Crippen LogP contribution is -2.38. The maximum absolute atomic E-state index is 5.33. The molecular formula is C21H31IN6O. The zero-order chi connectivity index (χ0) is 20.1. The first kappa shape index (κ1) is 23.2.